The number of nitrogens with one attached hydrogen (secondary N) is 1. The first-order valence-corrected chi connectivity index (χ1v) is 10.1. The molecule has 5 rings (SSSR count). The average molecular weight is 418 g/mol. The second kappa shape index (κ2) is 7.23. The molecule has 8 heteroatoms. The Morgan fingerprint density at radius 2 is 1.97 bits per heavy atom. The topological polar surface area (TPSA) is 98.0 Å². The summed E-state index contributed by atoms with van der Waals surface area (Å²) in [6, 6.07) is 5.41. The number of hydrogen-bond donors (Lipinski definition) is 1. The lowest BCUT2D eigenvalue weighted by Crippen LogP contribution is -2.15. The third kappa shape index (κ3) is 3.34. The Bertz CT molecular complexity index is 1360. The SMILES string of the molecule is CCC(=O)c1cc(C)c(-c2cc3cnc(NC(=O)[C@H]4C[C@H]4F)cc3c3ncoc23)cn1. The third-order valence-electron chi connectivity index (χ3n) is 5.61. The number of aromatic nitrogens is 3. The Morgan fingerprint density at radius 3 is 2.68 bits per heavy atom. The predicted octanol–water partition coefficient (Wildman–Crippen LogP) is 4.64. The molecule has 0 spiro atoms. The van der Waals surface area contributed by atoms with Gasteiger partial charge in [0.1, 0.15) is 23.2 Å². The van der Waals surface area contributed by atoms with Crippen LogP contribution in [0.25, 0.3) is 33.0 Å². The van der Waals surface area contributed by atoms with Gasteiger partial charge < -0.3 is 9.73 Å². The van der Waals surface area contributed by atoms with Crippen molar-refractivity contribution in [2.24, 2.45) is 5.92 Å². The van der Waals surface area contributed by atoms with Gasteiger partial charge in [-0.05, 0) is 37.1 Å². The van der Waals surface area contributed by atoms with Gasteiger partial charge >= 0.3 is 0 Å². The lowest BCUT2D eigenvalue weighted by molar-refractivity contribution is -0.117. The average Bonchev–Trinajstić information content (AvgIpc) is 3.30. The van der Waals surface area contributed by atoms with Crippen molar-refractivity contribution < 1.29 is 18.4 Å². The van der Waals surface area contributed by atoms with Gasteiger partial charge in [0.15, 0.2) is 17.8 Å². The molecule has 31 heavy (non-hydrogen) atoms. The van der Waals surface area contributed by atoms with E-state index in [4.69, 9.17) is 4.42 Å². The number of oxazole rings is 1. The van der Waals surface area contributed by atoms with E-state index in [0.29, 0.717) is 29.0 Å². The van der Waals surface area contributed by atoms with Crippen LogP contribution < -0.4 is 5.32 Å². The summed E-state index contributed by atoms with van der Waals surface area (Å²) in [6.07, 6.45) is 4.26. The van der Waals surface area contributed by atoms with Gasteiger partial charge in [-0.15, -0.1) is 0 Å². The minimum absolute atomic E-state index is 0.0120. The first-order chi connectivity index (χ1) is 15.0. The predicted molar refractivity (Wildman–Crippen MR) is 114 cm³/mol. The van der Waals surface area contributed by atoms with E-state index in [-0.39, 0.29) is 18.1 Å². The Hall–Kier alpha value is -3.68. The third-order valence-corrected chi connectivity index (χ3v) is 5.61. The number of alkyl halides is 1. The molecule has 2 atom stereocenters. The van der Waals surface area contributed by atoms with Crippen LogP contribution in [-0.4, -0.2) is 32.8 Å². The van der Waals surface area contributed by atoms with Gasteiger partial charge in [-0.2, -0.15) is 0 Å². The minimum Gasteiger partial charge on any atom is -0.443 e. The van der Waals surface area contributed by atoms with Crippen molar-refractivity contribution in [3.63, 3.8) is 0 Å². The fraction of sp³-hybridized carbons (Fsp3) is 0.261. The van der Waals surface area contributed by atoms with Crippen molar-refractivity contribution in [1.82, 2.24) is 15.0 Å². The molecule has 1 fully saturated rings. The molecule has 7 nitrogen and oxygen atoms in total. The molecule has 3 aromatic heterocycles. The highest BCUT2D eigenvalue weighted by Crippen LogP contribution is 2.37. The van der Waals surface area contributed by atoms with Gasteiger partial charge in [0.25, 0.3) is 0 Å². The number of carbonyl (C=O) groups excluding carboxylic acids is 2. The molecule has 4 aromatic rings. The summed E-state index contributed by atoms with van der Waals surface area (Å²) in [5.74, 6) is -0.628. The first kappa shape index (κ1) is 19.3. The molecular formula is C23H19FN4O3. The molecule has 156 valence electrons. The standard InChI is InChI=1S/C23H19FN4O3/c1-3-19(29)18-4-11(2)16(9-25-18)14-5-12-8-26-20(28-23(30)15-6-17(15)24)7-13(12)21-22(14)31-10-27-21/h4-5,7-10,15,17H,3,6H2,1-2H3,(H,26,28,30)/t15-,17+/m0/s1. The van der Waals surface area contributed by atoms with Crippen molar-refractivity contribution >= 4 is 39.4 Å². The summed E-state index contributed by atoms with van der Waals surface area (Å²) in [4.78, 5) is 37.0. The Kier molecular flexibility index (Phi) is 4.50. The zero-order valence-corrected chi connectivity index (χ0v) is 17.0. The molecule has 0 saturated heterocycles. The van der Waals surface area contributed by atoms with Crippen LogP contribution in [0.5, 0.6) is 0 Å². The smallest absolute Gasteiger partial charge is 0.231 e. The summed E-state index contributed by atoms with van der Waals surface area (Å²) < 4.78 is 18.8. The summed E-state index contributed by atoms with van der Waals surface area (Å²) >= 11 is 0. The zero-order chi connectivity index (χ0) is 21.7. The highest BCUT2D eigenvalue weighted by molar-refractivity contribution is 6.11. The summed E-state index contributed by atoms with van der Waals surface area (Å²) in [5, 5.41) is 4.23. The maximum absolute atomic E-state index is 13.1. The second-order valence-corrected chi connectivity index (χ2v) is 7.75. The molecule has 1 aromatic carbocycles. The summed E-state index contributed by atoms with van der Waals surface area (Å²) in [6.45, 7) is 3.72. The van der Waals surface area contributed by atoms with E-state index in [1.807, 2.05) is 13.0 Å². The van der Waals surface area contributed by atoms with E-state index in [0.717, 1.165) is 27.5 Å². The highest BCUT2D eigenvalue weighted by atomic mass is 19.1. The number of pyridine rings is 2. The molecule has 1 amide bonds. The molecule has 0 bridgehead atoms. The fourth-order valence-electron chi connectivity index (χ4n) is 3.73. The van der Waals surface area contributed by atoms with Crippen LogP contribution in [0.3, 0.4) is 0 Å². The molecule has 3 heterocycles. The second-order valence-electron chi connectivity index (χ2n) is 7.75. The van der Waals surface area contributed by atoms with E-state index < -0.39 is 12.1 Å². The molecule has 0 aliphatic heterocycles. The Balaban J connectivity index is 1.59. The number of amides is 1. The lowest BCUT2D eigenvalue weighted by Gasteiger charge is -2.10. The van der Waals surface area contributed by atoms with Gasteiger partial charge in [0.2, 0.25) is 5.91 Å². The Labute approximate surface area is 176 Å². The first-order valence-electron chi connectivity index (χ1n) is 10.1. The molecule has 1 N–H and O–H groups in total. The molecule has 1 saturated carbocycles. The summed E-state index contributed by atoms with van der Waals surface area (Å²) in [5.41, 5.74) is 4.14. The van der Waals surface area contributed by atoms with Crippen molar-refractivity contribution in [2.45, 2.75) is 32.9 Å². The number of ketones is 1. The fourth-order valence-corrected chi connectivity index (χ4v) is 3.73. The van der Waals surface area contributed by atoms with Gasteiger partial charge in [0.05, 0.1) is 5.92 Å². The normalized spacial score (nSPS) is 17.8. The van der Waals surface area contributed by atoms with Crippen LogP contribution >= 0.6 is 0 Å². The van der Waals surface area contributed by atoms with E-state index in [9.17, 15) is 14.0 Å². The van der Waals surface area contributed by atoms with Crippen LogP contribution in [0.2, 0.25) is 0 Å². The number of hydrogen-bond acceptors (Lipinski definition) is 6. The molecule has 1 aliphatic carbocycles. The van der Waals surface area contributed by atoms with Crippen LogP contribution in [0.4, 0.5) is 10.2 Å². The van der Waals surface area contributed by atoms with Crippen LogP contribution in [-0.2, 0) is 4.79 Å². The van der Waals surface area contributed by atoms with Crippen LogP contribution in [0.1, 0.15) is 35.8 Å². The minimum atomic E-state index is -1.07. The van der Waals surface area contributed by atoms with Gasteiger partial charge in [-0.3, -0.25) is 14.6 Å². The number of fused-ring (bicyclic) bond motifs is 3. The Morgan fingerprint density at radius 1 is 1.16 bits per heavy atom. The van der Waals surface area contributed by atoms with E-state index >= 15 is 0 Å². The quantitative estimate of drug-likeness (QED) is 0.474. The van der Waals surface area contributed by atoms with Crippen molar-refractivity contribution in [3.05, 3.63) is 48.2 Å². The summed E-state index contributed by atoms with van der Waals surface area (Å²) in [7, 11) is 0. The van der Waals surface area contributed by atoms with Crippen LogP contribution in [0, 0.1) is 12.8 Å². The van der Waals surface area contributed by atoms with E-state index in [2.05, 4.69) is 20.3 Å². The maximum atomic E-state index is 13.1. The van der Waals surface area contributed by atoms with E-state index in [1.54, 1.807) is 31.5 Å². The van der Waals surface area contributed by atoms with Crippen molar-refractivity contribution in [1.29, 1.82) is 0 Å². The van der Waals surface area contributed by atoms with Gasteiger partial charge in [-0.1, -0.05) is 6.92 Å². The molecule has 0 radical (unpaired) electrons. The molecular weight excluding hydrogens is 399 g/mol. The largest absolute Gasteiger partial charge is 0.443 e. The van der Waals surface area contributed by atoms with E-state index in [1.165, 1.54) is 6.39 Å². The number of anilines is 1. The number of carbonyl (C=O) groups is 2. The monoisotopic (exact) mass is 418 g/mol. The van der Waals surface area contributed by atoms with Crippen LogP contribution in [0.15, 0.2) is 41.4 Å². The maximum Gasteiger partial charge on any atom is 0.231 e. The van der Waals surface area contributed by atoms with Crippen molar-refractivity contribution in [2.75, 3.05) is 5.32 Å². The number of nitrogens with zero attached hydrogens (tertiary/aromatic N) is 3. The number of rotatable bonds is 5. The highest BCUT2D eigenvalue weighted by Gasteiger charge is 2.43. The van der Waals surface area contributed by atoms with Gasteiger partial charge in [-0.25, -0.2) is 14.4 Å². The number of halogens is 1. The number of benzene rings is 1. The molecule has 0 unspecified atom stereocenters. The number of Topliss-reactive ketones (excluding diaryl/α,β-unsaturated/α-hetero) is 1. The van der Waals surface area contributed by atoms with Crippen molar-refractivity contribution in [3.8, 4) is 11.1 Å². The molecule has 1 aliphatic rings. The van der Waals surface area contributed by atoms with Gasteiger partial charge in [0, 0.05) is 40.7 Å². The lowest BCUT2D eigenvalue weighted by atomic mass is 9.97. The number of aryl methyl sites for hydroxylation is 1. The zero-order valence-electron chi connectivity index (χ0n) is 17.0.